The van der Waals surface area contributed by atoms with Crippen molar-refractivity contribution in [2.45, 2.75) is 25.8 Å². The fraction of sp³-hybridized carbons (Fsp3) is 0.667. The molecule has 0 saturated heterocycles. The Morgan fingerprint density at radius 1 is 1.75 bits per heavy atom. The van der Waals surface area contributed by atoms with Crippen molar-refractivity contribution in [1.82, 2.24) is 10.3 Å². The summed E-state index contributed by atoms with van der Waals surface area (Å²) in [5.41, 5.74) is 3.07. The summed E-state index contributed by atoms with van der Waals surface area (Å²) in [6, 6.07) is 0.428. The minimum atomic E-state index is 0.428. The minimum absolute atomic E-state index is 0.428. The highest BCUT2D eigenvalue weighted by Gasteiger charge is 2.21. The first-order valence-corrected chi connectivity index (χ1v) is 5.42. The molecule has 2 rings (SSSR count). The molecular formula is C9H14N2S. The third-order valence-corrected chi connectivity index (χ3v) is 2.91. The molecule has 1 saturated carbocycles. The quantitative estimate of drug-likeness (QED) is 0.772. The molecule has 0 bridgehead atoms. The lowest BCUT2D eigenvalue weighted by molar-refractivity contribution is 0.540. The number of nitrogens with zero attached hydrogens (tertiary/aromatic N) is 1. The maximum Gasteiger partial charge on any atom is 0.0795 e. The summed E-state index contributed by atoms with van der Waals surface area (Å²) in [5, 5.41) is 5.61. The van der Waals surface area contributed by atoms with Crippen molar-refractivity contribution in [3.8, 4) is 0 Å². The Kier molecular flexibility index (Phi) is 2.42. The number of aromatic nitrogens is 1. The molecule has 1 fully saturated rings. The Hall–Kier alpha value is -0.410. The number of rotatable bonds is 4. The molecule has 1 atom stereocenters. The van der Waals surface area contributed by atoms with Crippen LogP contribution in [-0.4, -0.2) is 11.5 Å². The van der Waals surface area contributed by atoms with E-state index in [9.17, 15) is 0 Å². The molecule has 2 nitrogen and oxygen atoms in total. The first kappa shape index (κ1) is 8.20. The standard InChI is InChI=1S/C9H14N2S/c1-7(9-5-12-6-11-9)10-4-8-2-3-8/h5-8,10H,2-4H2,1H3. The first-order chi connectivity index (χ1) is 5.86. The number of nitrogens with one attached hydrogen (secondary N) is 1. The van der Waals surface area contributed by atoms with Crippen molar-refractivity contribution < 1.29 is 0 Å². The largest absolute Gasteiger partial charge is 0.309 e. The second kappa shape index (κ2) is 3.54. The van der Waals surface area contributed by atoms with E-state index in [2.05, 4.69) is 22.6 Å². The molecule has 0 aliphatic heterocycles. The van der Waals surface area contributed by atoms with Gasteiger partial charge in [0.15, 0.2) is 0 Å². The zero-order chi connectivity index (χ0) is 8.39. The predicted octanol–water partition coefficient (Wildman–Crippen LogP) is 2.20. The summed E-state index contributed by atoms with van der Waals surface area (Å²) in [7, 11) is 0. The van der Waals surface area contributed by atoms with Crippen LogP contribution in [0.2, 0.25) is 0 Å². The Morgan fingerprint density at radius 3 is 3.17 bits per heavy atom. The summed E-state index contributed by atoms with van der Waals surface area (Å²) in [4.78, 5) is 4.27. The normalized spacial score (nSPS) is 19.4. The molecule has 1 unspecified atom stereocenters. The summed E-state index contributed by atoms with van der Waals surface area (Å²) < 4.78 is 0. The second-order valence-electron chi connectivity index (χ2n) is 3.49. The van der Waals surface area contributed by atoms with Crippen LogP contribution in [0.15, 0.2) is 10.9 Å². The summed E-state index contributed by atoms with van der Waals surface area (Å²) in [6.45, 7) is 3.34. The highest BCUT2D eigenvalue weighted by molar-refractivity contribution is 7.07. The maximum atomic E-state index is 4.27. The molecule has 1 aliphatic rings. The molecule has 0 amide bonds. The lowest BCUT2D eigenvalue weighted by Gasteiger charge is -2.09. The van der Waals surface area contributed by atoms with Gasteiger partial charge in [-0.3, -0.25) is 0 Å². The van der Waals surface area contributed by atoms with Gasteiger partial charge in [0, 0.05) is 11.4 Å². The van der Waals surface area contributed by atoms with Crippen LogP contribution in [0.1, 0.15) is 31.5 Å². The molecule has 0 radical (unpaired) electrons. The van der Waals surface area contributed by atoms with Gasteiger partial charge in [-0.2, -0.15) is 0 Å². The molecule has 1 N–H and O–H groups in total. The van der Waals surface area contributed by atoms with Gasteiger partial charge in [-0.1, -0.05) is 0 Å². The minimum Gasteiger partial charge on any atom is -0.309 e. The van der Waals surface area contributed by atoms with Gasteiger partial charge in [-0.15, -0.1) is 11.3 Å². The number of thiazole rings is 1. The highest BCUT2D eigenvalue weighted by atomic mass is 32.1. The van der Waals surface area contributed by atoms with Gasteiger partial charge in [-0.25, -0.2) is 4.98 Å². The Labute approximate surface area is 77.0 Å². The van der Waals surface area contributed by atoms with Crippen molar-refractivity contribution in [3.05, 3.63) is 16.6 Å². The van der Waals surface area contributed by atoms with Crippen LogP contribution >= 0.6 is 11.3 Å². The predicted molar refractivity (Wildman–Crippen MR) is 51.3 cm³/mol. The third kappa shape index (κ3) is 2.05. The van der Waals surface area contributed by atoms with Crippen molar-refractivity contribution in [3.63, 3.8) is 0 Å². The van der Waals surface area contributed by atoms with Crippen LogP contribution in [0.4, 0.5) is 0 Å². The molecular weight excluding hydrogens is 168 g/mol. The molecule has 0 spiro atoms. The van der Waals surface area contributed by atoms with Crippen molar-refractivity contribution in [2.75, 3.05) is 6.54 Å². The van der Waals surface area contributed by atoms with E-state index < -0.39 is 0 Å². The monoisotopic (exact) mass is 182 g/mol. The maximum absolute atomic E-state index is 4.27. The lowest BCUT2D eigenvalue weighted by Crippen LogP contribution is -2.21. The van der Waals surface area contributed by atoms with Crippen LogP contribution in [0, 0.1) is 5.92 Å². The zero-order valence-corrected chi connectivity index (χ0v) is 8.10. The summed E-state index contributed by atoms with van der Waals surface area (Å²) >= 11 is 1.67. The van der Waals surface area contributed by atoms with E-state index >= 15 is 0 Å². The topological polar surface area (TPSA) is 24.9 Å². The average molecular weight is 182 g/mol. The van der Waals surface area contributed by atoms with E-state index in [1.807, 2.05) is 5.51 Å². The van der Waals surface area contributed by atoms with Crippen molar-refractivity contribution in [2.24, 2.45) is 5.92 Å². The van der Waals surface area contributed by atoms with Crippen LogP contribution in [0.3, 0.4) is 0 Å². The van der Waals surface area contributed by atoms with Crippen molar-refractivity contribution in [1.29, 1.82) is 0 Å². The van der Waals surface area contributed by atoms with Gasteiger partial charge in [0.1, 0.15) is 0 Å². The van der Waals surface area contributed by atoms with E-state index in [0.29, 0.717) is 6.04 Å². The van der Waals surface area contributed by atoms with E-state index in [1.165, 1.54) is 25.1 Å². The summed E-state index contributed by atoms with van der Waals surface area (Å²) in [5.74, 6) is 0.950. The smallest absolute Gasteiger partial charge is 0.0795 e. The van der Waals surface area contributed by atoms with E-state index in [4.69, 9.17) is 0 Å². The van der Waals surface area contributed by atoms with Crippen LogP contribution in [-0.2, 0) is 0 Å². The Morgan fingerprint density at radius 2 is 2.58 bits per heavy atom. The molecule has 1 heterocycles. The van der Waals surface area contributed by atoms with Gasteiger partial charge in [-0.05, 0) is 32.2 Å². The average Bonchev–Trinajstić information content (AvgIpc) is 2.74. The number of hydrogen-bond acceptors (Lipinski definition) is 3. The highest BCUT2D eigenvalue weighted by Crippen LogP contribution is 2.28. The molecule has 1 aliphatic carbocycles. The van der Waals surface area contributed by atoms with Gasteiger partial charge in [0.25, 0.3) is 0 Å². The number of hydrogen-bond donors (Lipinski definition) is 1. The Balaban J connectivity index is 1.79. The third-order valence-electron chi connectivity index (χ3n) is 2.30. The van der Waals surface area contributed by atoms with Gasteiger partial charge < -0.3 is 5.32 Å². The van der Waals surface area contributed by atoms with Crippen LogP contribution in [0.25, 0.3) is 0 Å². The molecule has 66 valence electrons. The van der Waals surface area contributed by atoms with E-state index in [-0.39, 0.29) is 0 Å². The first-order valence-electron chi connectivity index (χ1n) is 4.47. The fourth-order valence-corrected chi connectivity index (χ4v) is 1.85. The van der Waals surface area contributed by atoms with Crippen LogP contribution < -0.4 is 5.32 Å². The molecule has 1 aromatic rings. The SMILES string of the molecule is CC(NCC1CC1)c1cscn1. The van der Waals surface area contributed by atoms with E-state index in [1.54, 1.807) is 11.3 Å². The van der Waals surface area contributed by atoms with Gasteiger partial charge in [0.2, 0.25) is 0 Å². The fourth-order valence-electron chi connectivity index (χ4n) is 1.21. The van der Waals surface area contributed by atoms with E-state index in [0.717, 1.165) is 5.92 Å². The van der Waals surface area contributed by atoms with Crippen molar-refractivity contribution >= 4 is 11.3 Å². The van der Waals surface area contributed by atoms with Gasteiger partial charge >= 0.3 is 0 Å². The van der Waals surface area contributed by atoms with Crippen LogP contribution in [0.5, 0.6) is 0 Å². The van der Waals surface area contributed by atoms with Gasteiger partial charge in [0.05, 0.1) is 11.2 Å². The molecule has 1 aromatic heterocycles. The molecule has 3 heteroatoms. The zero-order valence-electron chi connectivity index (χ0n) is 7.29. The summed E-state index contributed by atoms with van der Waals surface area (Å²) in [6.07, 6.45) is 2.83. The Bertz CT molecular complexity index is 229. The second-order valence-corrected chi connectivity index (χ2v) is 4.21. The molecule has 0 aromatic carbocycles. The molecule has 12 heavy (non-hydrogen) atoms. The lowest BCUT2D eigenvalue weighted by atomic mass is 10.2.